The van der Waals surface area contributed by atoms with Crippen molar-refractivity contribution in [3.8, 4) is 0 Å². The van der Waals surface area contributed by atoms with Gasteiger partial charge in [-0.2, -0.15) is 0 Å². The van der Waals surface area contributed by atoms with E-state index in [1.165, 1.54) is 0 Å². The zero-order chi connectivity index (χ0) is 12.2. The van der Waals surface area contributed by atoms with Gasteiger partial charge in [0.15, 0.2) is 0 Å². The normalized spacial score (nSPS) is 23.1. The SMILES string of the molecule is CC(C)(C)NCCC(C)(O)C1CCOCC1. The second kappa shape index (κ2) is 5.48. The fourth-order valence-corrected chi connectivity index (χ4v) is 2.21. The molecule has 2 N–H and O–H groups in total. The molecule has 3 nitrogen and oxygen atoms in total. The predicted octanol–water partition coefficient (Wildman–Crippen LogP) is 1.94. The molecule has 1 saturated heterocycles. The fourth-order valence-electron chi connectivity index (χ4n) is 2.21. The van der Waals surface area contributed by atoms with Gasteiger partial charge in [0.05, 0.1) is 5.60 Å². The van der Waals surface area contributed by atoms with Crippen LogP contribution in [0.3, 0.4) is 0 Å². The van der Waals surface area contributed by atoms with Gasteiger partial charge in [0.1, 0.15) is 0 Å². The van der Waals surface area contributed by atoms with E-state index in [-0.39, 0.29) is 5.54 Å². The second-order valence-electron chi connectivity index (χ2n) is 6.17. The van der Waals surface area contributed by atoms with Gasteiger partial charge in [-0.15, -0.1) is 0 Å². The molecule has 1 heterocycles. The van der Waals surface area contributed by atoms with Crippen molar-refractivity contribution in [3.63, 3.8) is 0 Å². The molecule has 0 aromatic carbocycles. The highest BCUT2D eigenvalue weighted by molar-refractivity contribution is 4.85. The maximum atomic E-state index is 10.4. The number of rotatable bonds is 4. The lowest BCUT2D eigenvalue weighted by Crippen LogP contribution is -2.44. The van der Waals surface area contributed by atoms with Crippen LogP contribution in [0.5, 0.6) is 0 Å². The lowest BCUT2D eigenvalue weighted by atomic mass is 9.81. The first kappa shape index (κ1) is 13.9. The molecule has 0 saturated carbocycles. The molecule has 0 amide bonds. The molecule has 0 aromatic rings. The summed E-state index contributed by atoms with van der Waals surface area (Å²) in [4.78, 5) is 0. The van der Waals surface area contributed by atoms with Gasteiger partial charge in [-0.3, -0.25) is 0 Å². The summed E-state index contributed by atoms with van der Waals surface area (Å²) in [6.07, 6.45) is 2.79. The van der Waals surface area contributed by atoms with E-state index >= 15 is 0 Å². The summed E-state index contributed by atoms with van der Waals surface area (Å²) in [5.41, 5.74) is -0.423. The summed E-state index contributed by atoms with van der Waals surface area (Å²) in [6, 6.07) is 0. The van der Waals surface area contributed by atoms with Crippen molar-refractivity contribution in [2.45, 2.75) is 58.1 Å². The zero-order valence-electron chi connectivity index (χ0n) is 11.2. The molecule has 3 heteroatoms. The molecule has 1 aliphatic rings. The summed E-state index contributed by atoms with van der Waals surface area (Å²) in [5.74, 6) is 0.392. The van der Waals surface area contributed by atoms with Crippen molar-refractivity contribution < 1.29 is 9.84 Å². The minimum atomic E-state index is -0.554. The third kappa shape index (κ3) is 4.81. The van der Waals surface area contributed by atoms with Crippen molar-refractivity contribution >= 4 is 0 Å². The minimum Gasteiger partial charge on any atom is -0.390 e. The number of hydrogen-bond acceptors (Lipinski definition) is 3. The molecular weight excluding hydrogens is 202 g/mol. The molecule has 1 rings (SSSR count). The third-order valence-corrected chi connectivity index (χ3v) is 3.39. The molecule has 1 unspecified atom stereocenters. The van der Waals surface area contributed by atoms with Crippen LogP contribution in [0.1, 0.15) is 47.0 Å². The van der Waals surface area contributed by atoms with Gasteiger partial charge < -0.3 is 15.2 Å². The second-order valence-corrected chi connectivity index (χ2v) is 6.17. The highest BCUT2D eigenvalue weighted by Crippen LogP contribution is 2.29. The van der Waals surface area contributed by atoms with Crippen LogP contribution < -0.4 is 5.32 Å². The minimum absolute atomic E-state index is 0.131. The molecule has 1 aliphatic heterocycles. The Labute approximate surface area is 99.6 Å². The molecule has 16 heavy (non-hydrogen) atoms. The first-order chi connectivity index (χ1) is 7.31. The summed E-state index contributed by atoms with van der Waals surface area (Å²) >= 11 is 0. The maximum Gasteiger partial charge on any atom is 0.0661 e. The lowest BCUT2D eigenvalue weighted by molar-refractivity contribution is -0.0583. The summed E-state index contributed by atoms with van der Waals surface area (Å²) in [7, 11) is 0. The molecule has 0 radical (unpaired) electrons. The first-order valence-electron chi connectivity index (χ1n) is 6.36. The van der Waals surface area contributed by atoms with Crippen LogP contribution in [-0.4, -0.2) is 36.0 Å². The van der Waals surface area contributed by atoms with E-state index in [1.807, 2.05) is 6.92 Å². The Bertz CT molecular complexity index is 202. The topological polar surface area (TPSA) is 41.5 Å². The maximum absolute atomic E-state index is 10.4. The van der Waals surface area contributed by atoms with Crippen LogP contribution in [0, 0.1) is 5.92 Å². The Morgan fingerprint density at radius 2 is 1.75 bits per heavy atom. The van der Waals surface area contributed by atoms with E-state index < -0.39 is 5.60 Å². The molecule has 0 aromatic heterocycles. The molecule has 1 atom stereocenters. The van der Waals surface area contributed by atoms with E-state index in [0.29, 0.717) is 5.92 Å². The molecular formula is C13H27NO2. The Kier molecular flexibility index (Phi) is 4.77. The third-order valence-electron chi connectivity index (χ3n) is 3.39. The van der Waals surface area contributed by atoms with Gasteiger partial charge in [-0.25, -0.2) is 0 Å². The quantitative estimate of drug-likeness (QED) is 0.774. The summed E-state index contributed by atoms with van der Waals surface area (Å²) in [6.45, 7) is 10.9. The molecule has 1 fully saturated rings. The van der Waals surface area contributed by atoms with Crippen molar-refractivity contribution in [2.24, 2.45) is 5.92 Å². The Hall–Kier alpha value is -0.120. The Morgan fingerprint density at radius 3 is 2.25 bits per heavy atom. The van der Waals surface area contributed by atoms with Gasteiger partial charge in [-0.1, -0.05) is 0 Å². The standard InChI is InChI=1S/C13H27NO2/c1-12(2,3)14-8-7-13(4,15)11-5-9-16-10-6-11/h11,14-15H,5-10H2,1-4H3. The number of hydrogen-bond donors (Lipinski definition) is 2. The lowest BCUT2D eigenvalue weighted by Gasteiger charge is -2.36. The highest BCUT2D eigenvalue weighted by atomic mass is 16.5. The number of aliphatic hydroxyl groups is 1. The van der Waals surface area contributed by atoms with E-state index in [1.54, 1.807) is 0 Å². The van der Waals surface area contributed by atoms with Crippen LogP contribution in [0.4, 0.5) is 0 Å². The summed E-state index contributed by atoms with van der Waals surface area (Å²) in [5, 5.41) is 13.9. The fraction of sp³-hybridized carbons (Fsp3) is 1.00. The Morgan fingerprint density at radius 1 is 1.19 bits per heavy atom. The van der Waals surface area contributed by atoms with E-state index in [9.17, 15) is 5.11 Å². The molecule has 0 spiro atoms. The number of ether oxygens (including phenoxy) is 1. The van der Waals surface area contributed by atoms with Gasteiger partial charge in [0.25, 0.3) is 0 Å². The first-order valence-corrected chi connectivity index (χ1v) is 6.36. The van der Waals surface area contributed by atoms with Crippen LogP contribution >= 0.6 is 0 Å². The summed E-state index contributed by atoms with van der Waals surface area (Å²) < 4.78 is 5.33. The van der Waals surface area contributed by atoms with E-state index in [2.05, 4.69) is 26.1 Å². The van der Waals surface area contributed by atoms with Gasteiger partial charge in [0, 0.05) is 18.8 Å². The van der Waals surface area contributed by atoms with E-state index in [0.717, 1.165) is 39.0 Å². The van der Waals surface area contributed by atoms with Crippen LogP contribution in [0.15, 0.2) is 0 Å². The molecule has 0 aliphatic carbocycles. The average molecular weight is 229 g/mol. The van der Waals surface area contributed by atoms with Crippen LogP contribution in [0.2, 0.25) is 0 Å². The zero-order valence-corrected chi connectivity index (χ0v) is 11.2. The largest absolute Gasteiger partial charge is 0.390 e. The predicted molar refractivity (Wildman–Crippen MR) is 66.5 cm³/mol. The molecule has 0 bridgehead atoms. The smallest absolute Gasteiger partial charge is 0.0661 e. The highest BCUT2D eigenvalue weighted by Gasteiger charge is 2.32. The van der Waals surface area contributed by atoms with Gasteiger partial charge in [-0.05, 0) is 59.4 Å². The molecule has 96 valence electrons. The van der Waals surface area contributed by atoms with Crippen molar-refractivity contribution in [1.82, 2.24) is 5.32 Å². The van der Waals surface area contributed by atoms with Crippen LogP contribution in [-0.2, 0) is 4.74 Å². The Balaban J connectivity index is 2.32. The van der Waals surface area contributed by atoms with Crippen LogP contribution in [0.25, 0.3) is 0 Å². The van der Waals surface area contributed by atoms with Crippen molar-refractivity contribution in [3.05, 3.63) is 0 Å². The van der Waals surface area contributed by atoms with Crippen molar-refractivity contribution in [1.29, 1.82) is 0 Å². The van der Waals surface area contributed by atoms with Crippen molar-refractivity contribution in [2.75, 3.05) is 19.8 Å². The van der Waals surface area contributed by atoms with Gasteiger partial charge >= 0.3 is 0 Å². The number of nitrogens with one attached hydrogen (secondary N) is 1. The monoisotopic (exact) mass is 229 g/mol. The van der Waals surface area contributed by atoms with E-state index in [4.69, 9.17) is 4.74 Å². The van der Waals surface area contributed by atoms with Gasteiger partial charge in [0.2, 0.25) is 0 Å². The average Bonchev–Trinajstić information content (AvgIpc) is 2.17.